The number of halogens is 1. The van der Waals surface area contributed by atoms with Crippen LogP contribution in [0.25, 0.3) is 0 Å². The van der Waals surface area contributed by atoms with Crippen LogP contribution in [0.1, 0.15) is 36.2 Å². The van der Waals surface area contributed by atoms with Crippen molar-refractivity contribution in [1.82, 2.24) is 14.8 Å². The number of carbonyl (C=O) groups is 1. The molecule has 1 aliphatic carbocycles. The van der Waals surface area contributed by atoms with E-state index in [9.17, 15) is 4.79 Å². The highest BCUT2D eigenvalue weighted by Crippen LogP contribution is 2.30. The molecule has 0 spiro atoms. The maximum Gasteiger partial charge on any atom is 0.270 e. The van der Waals surface area contributed by atoms with E-state index in [4.69, 9.17) is 0 Å². The molecule has 1 amide bonds. The lowest BCUT2D eigenvalue weighted by Gasteiger charge is -2.30. The number of aryl methyl sites for hydroxylation is 1. The van der Waals surface area contributed by atoms with Crippen LogP contribution in [0, 0.1) is 5.92 Å². The van der Waals surface area contributed by atoms with E-state index in [0.717, 1.165) is 42.6 Å². The summed E-state index contributed by atoms with van der Waals surface area (Å²) in [5.41, 5.74) is 0.785. The van der Waals surface area contributed by atoms with E-state index < -0.39 is 0 Å². The molecular weight excluding hydrogens is 318 g/mol. The Morgan fingerprint density at radius 3 is 2.85 bits per heavy atom. The molecule has 0 aromatic carbocycles. The summed E-state index contributed by atoms with van der Waals surface area (Å²) in [5.74, 6) is 0.795. The third kappa shape index (κ3) is 3.09. The standard InChI is InChI=1S/C15H22BrN3O/c1-18-10-12(16)7-14(18)15(20)19(13-4-5-13)9-11-3-2-6-17-8-11/h7,10-11,13,17H,2-6,8-9H2,1H3. The van der Waals surface area contributed by atoms with Gasteiger partial charge in [0.2, 0.25) is 0 Å². The van der Waals surface area contributed by atoms with E-state index in [1.165, 1.54) is 12.8 Å². The van der Waals surface area contributed by atoms with Crippen LogP contribution in [0.4, 0.5) is 0 Å². The van der Waals surface area contributed by atoms with Crippen molar-refractivity contribution in [1.29, 1.82) is 0 Å². The summed E-state index contributed by atoms with van der Waals surface area (Å²) >= 11 is 3.45. The number of nitrogens with zero attached hydrogens (tertiary/aromatic N) is 2. The Balaban J connectivity index is 1.72. The van der Waals surface area contributed by atoms with Crippen molar-refractivity contribution >= 4 is 21.8 Å². The van der Waals surface area contributed by atoms with Crippen molar-refractivity contribution in [2.24, 2.45) is 13.0 Å². The van der Waals surface area contributed by atoms with Gasteiger partial charge in [0.1, 0.15) is 5.69 Å². The molecule has 110 valence electrons. The molecular formula is C15H22BrN3O. The van der Waals surface area contributed by atoms with Crippen LogP contribution in [0.2, 0.25) is 0 Å². The molecule has 5 heteroatoms. The lowest BCUT2D eigenvalue weighted by molar-refractivity contribution is 0.0694. The summed E-state index contributed by atoms with van der Waals surface area (Å²) in [6.45, 7) is 3.07. The molecule has 0 radical (unpaired) electrons. The van der Waals surface area contributed by atoms with Crippen molar-refractivity contribution in [3.05, 3.63) is 22.4 Å². The number of piperidine rings is 1. The Morgan fingerprint density at radius 1 is 1.50 bits per heavy atom. The van der Waals surface area contributed by atoms with Gasteiger partial charge in [-0.25, -0.2) is 0 Å². The van der Waals surface area contributed by atoms with Gasteiger partial charge in [0.25, 0.3) is 5.91 Å². The summed E-state index contributed by atoms with van der Waals surface area (Å²) < 4.78 is 2.89. The van der Waals surface area contributed by atoms with Gasteiger partial charge in [-0.2, -0.15) is 0 Å². The highest BCUT2D eigenvalue weighted by Gasteiger charge is 2.35. The third-order valence-electron chi connectivity index (χ3n) is 4.29. The van der Waals surface area contributed by atoms with Gasteiger partial charge in [-0.15, -0.1) is 0 Å². The van der Waals surface area contributed by atoms with Gasteiger partial charge in [0.05, 0.1) is 0 Å². The normalized spacial score (nSPS) is 22.8. The fourth-order valence-corrected chi connectivity index (χ4v) is 3.55. The third-order valence-corrected chi connectivity index (χ3v) is 4.73. The van der Waals surface area contributed by atoms with Crippen LogP contribution in [-0.4, -0.2) is 41.1 Å². The van der Waals surface area contributed by atoms with E-state index >= 15 is 0 Å². The Bertz CT molecular complexity index is 489. The zero-order valence-corrected chi connectivity index (χ0v) is 13.5. The minimum atomic E-state index is 0.186. The van der Waals surface area contributed by atoms with Crippen LogP contribution >= 0.6 is 15.9 Å². The molecule has 4 nitrogen and oxygen atoms in total. The summed E-state index contributed by atoms with van der Waals surface area (Å²) in [4.78, 5) is 14.9. The Hall–Kier alpha value is -0.810. The molecule has 1 saturated carbocycles. The van der Waals surface area contributed by atoms with Crippen LogP contribution in [0.3, 0.4) is 0 Å². The average molecular weight is 340 g/mol. The predicted molar refractivity (Wildman–Crippen MR) is 82.8 cm³/mol. The van der Waals surface area contributed by atoms with E-state index in [1.807, 2.05) is 23.9 Å². The van der Waals surface area contributed by atoms with Gasteiger partial charge < -0.3 is 14.8 Å². The van der Waals surface area contributed by atoms with E-state index in [-0.39, 0.29) is 5.91 Å². The summed E-state index contributed by atoms with van der Waals surface area (Å²) in [6, 6.07) is 2.40. The quantitative estimate of drug-likeness (QED) is 0.914. The predicted octanol–water partition coefficient (Wildman–Crippen LogP) is 2.39. The molecule has 1 aromatic rings. The van der Waals surface area contributed by atoms with Gasteiger partial charge >= 0.3 is 0 Å². The first-order chi connectivity index (χ1) is 9.65. The second kappa shape index (κ2) is 5.90. The zero-order chi connectivity index (χ0) is 14.1. The maximum absolute atomic E-state index is 12.8. The number of aromatic nitrogens is 1. The van der Waals surface area contributed by atoms with Crippen molar-refractivity contribution in [2.45, 2.75) is 31.7 Å². The average Bonchev–Trinajstić information content (AvgIpc) is 3.22. The van der Waals surface area contributed by atoms with Crippen LogP contribution in [-0.2, 0) is 7.05 Å². The topological polar surface area (TPSA) is 37.3 Å². The minimum Gasteiger partial charge on any atom is -0.345 e. The van der Waals surface area contributed by atoms with Crippen LogP contribution < -0.4 is 5.32 Å². The van der Waals surface area contributed by atoms with Gasteiger partial charge in [-0.05, 0) is 66.7 Å². The first-order valence-corrected chi connectivity index (χ1v) is 8.28. The smallest absolute Gasteiger partial charge is 0.270 e. The van der Waals surface area contributed by atoms with Crippen LogP contribution in [0.5, 0.6) is 0 Å². The minimum absolute atomic E-state index is 0.186. The molecule has 1 aliphatic heterocycles. The van der Waals surface area contributed by atoms with Gasteiger partial charge in [0, 0.05) is 30.3 Å². The number of nitrogens with one attached hydrogen (secondary N) is 1. The molecule has 1 atom stereocenters. The SMILES string of the molecule is Cn1cc(Br)cc1C(=O)N(CC1CCCNC1)C1CC1. The molecule has 20 heavy (non-hydrogen) atoms. The monoisotopic (exact) mass is 339 g/mol. The molecule has 2 heterocycles. The number of rotatable bonds is 4. The van der Waals surface area contributed by atoms with Gasteiger partial charge in [-0.3, -0.25) is 4.79 Å². The number of hydrogen-bond acceptors (Lipinski definition) is 2. The second-order valence-corrected chi connectivity index (χ2v) is 6.97. The molecule has 1 saturated heterocycles. The summed E-state index contributed by atoms with van der Waals surface area (Å²) in [6.07, 6.45) is 6.74. The number of carbonyl (C=O) groups excluding carboxylic acids is 1. The molecule has 0 bridgehead atoms. The zero-order valence-electron chi connectivity index (χ0n) is 11.9. The van der Waals surface area contributed by atoms with E-state index in [0.29, 0.717) is 12.0 Å². The number of hydrogen-bond donors (Lipinski definition) is 1. The van der Waals surface area contributed by atoms with Crippen LogP contribution in [0.15, 0.2) is 16.7 Å². The Morgan fingerprint density at radius 2 is 2.30 bits per heavy atom. The maximum atomic E-state index is 12.8. The van der Waals surface area contributed by atoms with Crippen molar-refractivity contribution in [2.75, 3.05) is 19.6 Å². The van der Waals surface area contributed by atoms with E-state index in [2.05, 4.69) is 26.1 Å². The molecule has 3 rings (SSSR count). The lowest BCUT2D eigenvalue weighted by atomic mass is 9.99. The lowest BCUT2D eigenvalue weighted by Crippen LogP contribution is -2.42. The Kier molecular flexibility index (Phi) is 4.17. The molecule has 2 fully saturated rings. The fraction of sp³-hybridized carbons (Fsp3) is 0.667. The Labute approximate surface area is 128 Å². The van der Waals surface area contributed by atoms with E-state index in [1.54, 1.807) is 0 Å². The highest BCUT2D eigenvalue weighted by molar-refractivity contribution is 9.10. The van der Waals surface area contributed by atoms with Crippen molar-refractivity contribution < 1.29 is 4.79 Å². The first-order valence-electron chi connectivity index (χ1n) is 7.48. The highest BCUT2D eigenvalue weighted by atomic mass is 79.9. The fourth-order valence-electron chi connectivity index (χ4n) is 3.03. The largest absolute Gasteiger partial charge is 0.345 e. The first kappa shape index (κ1) is 14.1. The van der Waals surface area contributed by atoms with Crippen molar-refractivity contribution in [3.63, 3.8) is 0 Å². The summed E-state index contributed by atoms with van der Waals surface area (Å²) in [7, 11) is 1.94. The van der Waals surface area contributed by atoms with Gasteiger partial charge in [-0.1, -0.05) is 0 Å². The molecule has 1 unspecified atom stereocenters. The number of amides is 1. The van der Waals surface area contributed by atoms with Gasteiger partial charge in [0.15, 0.2) is 0 Å². The summed E-state index contributed by atoms with van der Waals surface area (Å²) in [5, 5.41) is 3.44. The molecule has 2 aliphatic rings. The second-order valence-electron chi connectivity index (χ2n) is 6.06. The van der Waals surface area contributed by atoms with Crippen molar-refractivity contribution in [3.8, 4) is 0 Å². The molecule has 1 N–H and O–H groups in total. The molecule has 1 aromatic heterocycles.